The van der Waals surface area contributed by atoms with Gasteiger partial charge < -0.3 is 4.74 Å². The summed E-state index contributed by atoms with van der Waals surface area (Å²) >= 11 is 0. The molecule has 1 saturated carbocycles. The van der Waals surface area contributed by atoms with E-state index in [4.69, 9.17) is 4.74 Å². The first kappa shape index (κ1) is 14.3. The Bertz CT molecular complexity index is 394. The minimum Gasteiger partial charge on any atom is -0.373 e. The van der Waals surface area contributed by atoms with E-state index in [0.29, 0.717) is 25.2 Å². The summed E-state index contributed by atoms with van der Waals surface area (Å²) < 4.78 is 5.78. The standard InChI is InChI=1S/C17H24O2/c1-2-3-4-5-14-6-8-15(9-7-14)13-19-17-11-10-16(18)12-17/h6-9,17H,2-5,10-13H2,1H3. The van der Waals surface area contributed by atoms with Crippen molar-refractivity contribution in [1.29, 1.82) is 0 Å². The largest absolute Gasteiger partial charge is 0.373 e. The molecule has 19 heavy (non-hydrogen) atoms. The number of Topliss-reactive ketones (excluding diaryl/α,β-unsaturated/α-hetero) is 1. The van der Waals surface area contributed by atoms with Gasteiger partial charge in [0.1, 0.15) is 5.78 Å². The third kappa shape index (κ3) is 4.79. The normalized spacial score (nSPS) is 19.0. The Hall–Kier alpha value is -1.15. The van der Waals surface area contributed by atoms with E-state index in [2.05, 4.69) is 31.2 Å². The molecule has 104 valence electrons. The molecule has 1 aliphatic rings. The van der Waals surface area contributed by atoms with Gasteiger partial charge in [0.25, 0.3) is 0 Å². The first-order valence-electron chi connectivity index (χ1n) is 7.49. The number of ketones is 1. The van der Waals surface area contributed by atoms with E-state index < -0.39 is 0 Å². The predicted octanol–water partition coefficient (Wildman–Crippen LogP) is 4.06. The second kappa shape index (κ2) is 7.44. The second-order valence-corrected chi connectivity index (χ2v) is 5.49. The van der Waals surface area contributed by atoms with Crippen LogP contribution in [0, 0.1) is 0 Å². The van der Waals surface area contributed by atoms with Gasteiger partial charge in [0.05, 0.1) is 12.7 Å². The number of benzene rings is 1. The van der Waals surface area contributed by atoms with Crippen molar-refractivity contribution < 1.29 is 9.53 Å². The molecule has 0 bridgehead atoms. The number of carbonyl (C=O) groups excluding carboxylic acids is 1. The van der Waals surface area contributed by atoms with Crippen molar-refractivity contribution in [2.24, 2.45) is 0 Å². The van der Waals surface area contributed by atoms with Crippen LogP contribution in [-0.4, -0.2) is 11.9 Å². The van der Waals surface area contributed by atoms with E-state index in [1.165, 1.54) is 36.8 Å². The van der Waals surface area contributed by atoms with Crippen LogP contribution in [0.15, 0.2) is 24.3 Å². The van der Waals surface area contributed by atoms with Gasteiger partial charge in [-0.1, -0.05) is 44.0 Å². The van der Waals surface area contributed by atoms with Gasteiger partial charge in [-0.25, -0.2) is 0 Å². The van der Waals surface area contributed by atoms with Crippen LogP contribution in [-0.2, 0) is 22.6 Å². The van der Waals surface area contributed by atoms with E-state index in [1.807, 2.05) is 0 Å². The molecule has 1 aromatic rings. The molecule has 2 nitrogen and oxygen atoms in total. The fourth-order valence-corrected chi connectivity index (χ4v) is 2.52. The second-order valence-electron chi connectivity index (χ2n) is 5.49. The van der Waals surface area contributed by atoms with Gasteiger partial charge >= 0.3 is 0 Å². The molecule has 0 aromatic heterocycles. The average molecular weight is 260 g/mol. The first-order valence-corrected chi connectivity index (χ1v) is 7.49. The van der Waals surface area contributed by atoms with Crippen molar-refractivity contribution in [3.05, 3.63) is 35.4 Å². The summed E-state index contributed by atoms with van der Waals surface area (Å²) in [6.07, 6.45) is 7.37. The summed E-state index contributed by atoms with van der Waals surface area (Å²) in [5, 5.41) is 0. The molecule has 1 atom stereocenters. The minimum absolute atomic E-state index is 0.150. The first-order chi connectivity index (χ1) is 9.28. The lowest BCUT2D eigenvalue weighted by Crippen LogP contribution is -2.08. The van der Waals surface area contributed by atoms with Gasteiger partial charge in [-0.3, -0.25) is 4.79 Å². The topological polar surface area (TPSA) is 26.3 Å². The number of carbonyl (C=O) groups is 1. The quantitative estimate of drug-likeness (QED) is 0.691. The highest BCUT2D eigenvalue weighted by molar-refractivity contribution is 5.81. The van der Waals surface area contributed by atoms with Gasteiger partial charge in [-0.15, -0.1) is 0 Å². The third-order valence-electron chi connectivity index (χ3n) is 3.78. The maximum atomic E-state index is 11.2. The Morgan fingerprint density at radius 2 is 1.89 bits per heavy atom. The summed E-state index contributed by atoms with van der Waals surface area (Å²) in [6.45, 7) is 2.86. The Balaban J connectivity index is 1.73. The monoisotopic (exact) mass is 260 g/mol. The van der Waals surface area contributed by atoms with Crippen molar-refractivity contribution in [3.63, 3.8) is 0 Å². The van der Waals surface area contributed by atoms with Gasteiger partial charge in [0, 0.05) is 12.8 Å². The lowest BCUT2D eigenvalue weighted by Gasteiger charge is -2.10. The Labute approximate surface area is 116 Å². The van der Waals surface area contributed by atoms with E-state index in [-0.39, 0.29) is 6.10 Å². The highest BCUT2D eigenvalue weighted by atomic mass is 16.5. The van der Waals surface area contributed by atoms with E-state index in [9.17, 15) is 4.79 Å². The Morgan fingerprint density at radius 1 is 1.16 bits per heavy atom. The fraction of sp³-hybridized carbons (Fsp3) is 0.588. The molecule has 0 spiro atoms. The van der Waals surface area contributed by atoms with Gasteiger partial charge in [-0.05, 0) is 30.4 Å². The van der Waals surface area contributed by atoms with Crippen molar-refractivity contribution in [1.82, 2.24) is 0 Å². The SMILES string of the molecule is CCCCCc1ccc(COC2CCC(=O)C2)cc1. The summed E-state index contributed by atoms with van der Waals surface area (Å²) in [7, 11) is 0. The molecule has 0 aliphatic heterocycles. The molecule has 1 fully saturated rings. The maximum absolute atomic E-state index is 11.2. The van der Waals surface area contributed by atoms with Crippen LogP contribution in [0.1, 0.15) is 56.6 Å². The lowest BCUT2D eigenvalue weighted by molar-refractivity contribution is -0.118. The van der Waals surface area contributed by atoms with Crippen LogP contribution in [0.2, 0.25) is 0 Å². The molecule has 1 aliphatic carbocycles. The summed E-state index contributed by atoms with van der Waals surface area (Å²) in [4.78, 5) is 11.2. The molecule has 2 rings (SSSR count). The van der Waals surface area contributed by atoms with Crippen LogP contribution >= 0.6 is 0 Å². The van der Waals surface area contributed by atoms with Crippen molar-refractivity contribution in [3.8, 4) is 0 Å². The molecule has 2 heteroatoms. The molecule has 0 N–H and O–H groups in total. The van der Waals surface area contributed by atoms with Crippen molar-refractivity contribution in [2.75, 3.05) is 0 Å². The molecular weight excluding hydrogens is 236 g/mol. The van der Waals surface area contributed by atoms with E-state index in [1.54, 1.807) is 0 Å². The number of unbranched alkanes of at least 4 members (excludes halogenated alkanes) is 2. The fourth-order valence-electron chi connectivity index (χ4n) is 2.52. The number of hydrogen-bond acceptors (Lipinski definition) is 2. The molecule has 0 saturated heterocycles. The van der Waals surface area contributed by atoms with Crippen LogP contribution < -0.4 is 0 Å². The average Bonchev–Trinajstić information content (AvgIpc) is 2.84. The summed E-state index contributed by atoms with van der Waals surface area (Å²) in [6, 6.07) is 8.71. The summed E-state index contributed by atoms with van der Waals surface area (Å²) in [5.41, 5.74) is 2.62. The molecule has 0 heterocycles. The van der Waals surface area contributed by atoms with Crippen molar-refractivity contribution >= 4 is 5.78 Å². The highest BCUT2D eigenvalue weighted by Crippen LogP contribution is 2.19. The Kier molecular flexibility index (Phi) is 5.59. The zero-order valence-corrected chi connectivity index (χ0v) is 11.9. The minimum atomic E-state index is 0.150. The molecule has 1 unspecified atom stereocenters. The van der Waals surface area contributed by atoms with Crippen LogP contribution in [0.4, 0.5) is 0 Å². The smallest absolute Gasteiger partial charge is 0.135 e. The van der Waals surface area contributed by atoms with Crippen LogP contribution in [0.3, 0.4) is 0 Å². The lowest BCUT2D eigenvalue weighted by atomic mass is 10.1. The maximum Gasteiger partial charge on any atom is 0.135 e. The number of rotatable bonds is 7. The predicted molar refractivity (Wildman–Crippen MR) is 77.1 cm³/mol. The van der Waals surface area contributed by atoms with Crippen LogP contribution in [0.25, 0.3) is 0 Å². The van der Waals surface area contributed by atoms with E-state index >= 15 is 0 Å². The van der Waals surface area contributed by atoms with Gasteiger partial charge in [-0.2, -0.15) is 0 Å². The van der Waals surface area contributed by atoms with Crippen LogP contribution in [0.5, 0.6) is 0 Å². The van der Waals surface area contributed by atoms with Gasteiger partial charge in [0.2, 0.25) is 0 Å². The van der Waals surface area contributed by atoms with Gasteiger partial charge in [0.15, 0.2) is 0 Å². The molecule has 0 radical (unpaired) electrons. The highest BCUT2D eigenvalue weighted by Gasteiger charge is 2.22. The third-order valence-corrected chi connectivity index (χ3v) is 3.78. The molecule has 0 amide bonds. The number of ether oxygens (including phenoxy) is 1. The molecular formula is C17H24O2. The Morgan fingerprint density at radius 3 is 2.53 bits per heavy atom. The van der Waals surface area contributed by atoms with Crippen molar-refractivity contribution in [2.45, 2.75) is 64.6 Å². The number of aryl methyl sites for hydroxylation is 1. The zero-order valence-electron chi connectivity index (χ0n) is 11.9. The van der Waals surface area contributed by atoms with E-state index in [0.717, 1.165) is 6.42 Å². The summed E-state index contributed by atoms with van der Waals surface area (Å²) in [5.74, 6) is 0.344. The molecule has 1 aromatic carbocycles. The number of hydrogen-bond donors (Lipinski definition) is 0. The zero-order chi connectivity index (χ0) is 13.5.